The molecule has 0 radical (unpaired) electrons. The Labute approximate surface area is 110 Å². The molecule has 0 heterocycles. The van der Waals surface area contributed by atoms with Gasteiger partial charge in [0, 0.05) is 13.1 Å². The molecule has 18 heavy (non-hydrogen) atoms. The van der Waals surface area contributed by atoms with E-state index in [4.69, 9.17) is 0 Å². The molecular formula is C16H24N2. The van der Waals surface area contributed by atoms with Crippen molar-refractivity contribution in [1.29, 1.82) is 0 Å². The normalized spacial score (nSPS) is 14.0. The lowest BCUT2D eigenvalue weighted by molar-refractivity contribution is 0.648. The van der Waals surface area contributed by atoms with E-state index in [1.807, 2.05) is 7.05 Å². The zero-order valence-electron chi connectivity index (χ0n) is 11.6. The summed E-state index contributed by atoms with van der Waals surface area (Å²) < 4.78 is 0. The van der Waals surface area contributed by atoms with Gasteiger partial charge in [0.1, 0.15) is 0 Å². The van der Waals surface area contributed by atoms with E-state index in [-0.39, 0.29) is 0 Å². The molecule has 98 valence electrons. The zero-order valence-corrected chi connectivity index (χ0v) is 11.6. The van der Waals surface area contributed by atoms with Crippen molar-refractivity contribution in [2.24, 2.45) is 0 Å². The summed E-state index contributed by atoms with van der Waals surface area (Å²) in [5.41, 5.74) is 7.22. The van der Waals surface area contributed by atoms with E-state index in [2.05, 4.69) is 36.3 Å². The molecule has 1 aliphatic rings. The molecule has 2 rings (SSSR count). The minimum absolute atomic E-state index is 1.03. The number of fused-ring (bicyclic) bond motifs is 1. The molecule has 1 aromatic rings. The fraction of sp³-hybridized carbons (Fsp3) is 0.500. The smallest absolute Gasteiger partial charge is 0.00767 e. The van der Waals surface area contributed by atoms with Crippen molar-refractivity contribution in [1.82, 2.24) is 10.6 Å². The van der Waals surface area contributed by atoms with Crippen LogP contribution >= 0.6 is 0 Å². The first-order valence-electron chi connectivity index (χ1n) is 6.89. The maximum absolute atomic E-state index is 4.14. The summed E-state index contributed by atoms with van der Waals surface area (Å²) in [5.74, 6) is 0. The van der Waals surface area contributed by atoms with Gasteiger partial charge < -0.3 is 10.6 Å². The van der Waals surface area contributed by atoms with Crippen molar-refractivity contribution in [2.75, 3.05) is 26.7 Å². The highest BCUT2D eigenvalue weighted by Gasteiger charge is 2.17. The van der Waals surface area contributed by atoms with Crippen molar-refractivity contribution in [3.63, 3.8) is 0 Å². The van der Waals surface area contributed by atoms with Gasteiger partial charge in [0.05, 0.1) is 0 Å². The Morgan fingerprint density at radius 2 is 2.00 bits per heavy atom. The third-order valence-electron chi connectivity index (χ3n) is 3.89. The van der Waals surface area contributed by atoms with Crippen molar-refractivity contribution in [2.45, 2.75) is 26.2 Å². The van der Waals surface area contributed by atoms with Gasteiger partial charge in [-0.05, 0) is 67.6 Å². The molecule has 0 aliphatic heterocycles. The first-order chi connectivity index (χ1) is 8.74. The maximum atomic E-state index is 4.14. The number of rotatable bonds is 6. The maximum Gasteiger partial charge on any atom is 0.00767 e. The van der Waals surface area contributed by atoms with Crippen LogP contribution < -0.4 is 10.6 Å². The van der Waals surface area contributed by atoms with E-state index >= 15 is 0 Å². The molecule has 2 N–H and O–H groups in total. The van der Waals surface area contributed by atoms with Crippen molar-refractivity contribution >= 4 is 5.57 Å². The zero-order chi connectivity index (χ0) is 13.0. The molecule has 0 aromatic heterocycles. The highest BCUT2D eigenvalue weighted by Crippen LogP contribution is 2.34. The van der Waals surface area contributed by atoms with Crippen LogP contribution in [0.2, 0.25) is 0 Å². The Bertz CT molecular complexity index is 435. The average Bonchev–Trinajstić information content (AvgIpc) is 2.74. The molecule has 0 saturated heterocycles. The third-order valence-corrected chi connectivity index (χ3v) is 3.89. The fourth-order valence-electron chi connectivity index (χ4n) is 2.70. The van der Waals surface area contributed by atoms with E-state index in [0.29, 0.717) is 0 Å². The molecule has 0 amide bonds. The van der Waals surface area contributed by atoms with Gasteiger partial charge in [-0.2, -0.15) is 0 Å². The van der Waals surface area contributed by atoms with Gasteiger partial charge in [-0.3, -0.25) is 0 Å². The van der Waals surface area contributed by atoms with Gasteiger partial charge in [0.2, 0.25) is 0 Å². The molecule has 2 nitrogen and oxygen atoms in total. The Morgan fingerprint density at radius 1 is 1.17 bits per heavy atom. The average molecular weight is 244 g/mol. The van der Waals surface area contributed by atoms with E-state index in [9.17, 15) is 0 Å². The highest BCUT2D eigenvalue weighted by molar-refractivity contribution is 5.72. The van der Waals surface area contributed by atoms with E-state index < -0.39 is 0 Å². The molecule has 0 saturated carbocycles. The standard InChI is InChI=1S/C16H24N2/c1-12-4-6-16-13(2)14(5-7-15(12)16)8-9-18-11-10-17-3/h5,7,17-18H,1,4,6,8-11H2,2-3H3. The second-order valence-electron chi connectivity index (χ2n) is 5.08. The molecule has 2 heteroatoms. The van der Waals surface area contributed by atoms with Crippen LogP contribution in [0.1, 0.15) is 28.7 Å². The second-order valence-corrected chi connectivity index (χ2v) is 5.08. The molecule has 1 aliphatic carbocycles. The number of hydrogen-bond acceptors (Lipinski definition) is 2. The van der Waals surface area contributed by atoms with Crippen LogP contribution in [0.15, 0.2) is 18.7 Å². The van der Waals surface area contributed by atoms with Crippen LogP contribution in [0.25, 0.3) is 5.57 Å². The lowest BCUT2D eigenvalue weighted by Gasteiger charge is -2.11. The summed E-state index contributed by atoms with van der Waals surface area (Å²) >= 11 is 0. The van der Waals surface area contributed by atoms with Crippen LogP contribution in [0.5, 0.6) is 0 Å². The van der Waals surface area contributed by atoms with Crippen LogP contribution in [0, 0.1) is 6.92 Å². The fourth-order valence-corrected chi connectivity index (χ4v) is 2.70. The van der Waals surface area contributed by atoms with Crippen LogP contribution in [-0.4, -0.2) is 26.7 Å². The third kappa shape index (κ3) is 2.82. The monoisotopic (exact) mass is 244 g/mol. The Hall–Kier alpha value is -1.12. The van der Waals surface area contributed by atoms with Gasteiger partial charge >= 0.3 is 0 Å². The van der Waals surface area contributed by atoms with Crippen molar-refractivity contribution in [3.8, 4) is 0 Å². The number of likely N-dealkylation sites (N-methyl/N-ethyl adjacent to an activating group) is 1. The summed E-state index contributed by atoms with van der Waals surface area (Å²) in [6.45, 7) is 9.53. The van der Waals surface area contributed by atoms with Gasteiger partial charge in [0.15, 0.2) is 0 Å². The predicted octanol–water partition coefficient (Wildman–Crippen LogP) is 2.31. The minimum atomic E-state index is 1.03. The quantitative estimate of drug-likeness (QED) is 0.750. The van der Waals surface area contributed by atoms with E-state index in [0.717, 1.165) is 32.5 Å². The minimum Gasteiger partial charge on any atom is -0.318 e. The van der Waals surface area contributed by atoms with Crippen LogP contribution in [-0.2, 0) is 12.8 Å². The summed E-state index contributed by atoms with van der Waals surface area (Å²) in [4.78, 5) is 0. The number of benzene rings is 1. The van der Waals surface area contributed by atoms with E-state index in [1.165, 1.54) is 34.2 Å². The number of hydrogen-bond donors (Lipinski definition) is 2. The largest absolute Gasteiger partial charge is 0.318 e. The van der Waals surface area contributed by atoms with Crippen molar-refractivity contribution in [3.05, 3.63) is 41.0 Å². The van der Waals surface area contributed by atoms with Gasteiger partial charge in [-0.25, -0.2) is 0 Å². The van der Waals surface area contributed by atoms with Crippen LogP contribution in [0.4, 0.5) is 0 Å². The highest BCUT2D eigenvalue weighted by atomic mass is 14.9. The SMILES string of the molecule is C=C1CCc2c1ccc(CCNCCNC)c2C. The topological polar surface area (TPSA) is 24.1 Å². The van der Waals surface area contributed by atoms with Gasteiger partial charge in [0.25, 0.3) is 0 Å². The molecule has 0 spiro atoms. The molecule has 1 aromatic carbocycles. The molecular weight excluding hydrogens is 220 g/mol. The van der Waals surface area contributed by atoms with E-state index in [1.54, 1.807) is 0 Å². The number of allylic oxidation sites excluding steroid dienone is 1. The summed E-state index contributed by atoms with van der Waals surface area (Å²) in [6, 6.07) is 4.55. The van der Waals surface area contributed by atoms with Gasteiger partial charge in [-0.1, -0.05) is 18.7 Å². The molecule has 0 fully saturated rings. The second kappa shape index (κ2) is 6.17. The Morgan fingerprint density at radius 3 is 2.78 bits per heavy atom. The first kappa shape index (κ1) is 13.3. The predicted molar refractivity (Wildman–Crippen MR) is 79.0 cm³/mol. The van der Waals surface area contributed by atoms with Gasteiger partial charge in [-0.15, -0.1) is 0 Å². The molecule has 0 unspecified atom stereocenters. The summed E-state index contributed by atoms with van der Waals surface area (Å²) in [6.07, 6.45) is 3.44. The Kier molecular flexibility index (Phi) is 4.56. The van der Waals surface area contributed by atoms with Crippen molar-refractivity contribution < 1.29 is 0 Å². The number of nitrogens with one attached hydrogen (secondary N) is 2. The lowest BCUT2D eigenvalue weighted by Crippen LogP contribution is -2.26. The summed E-state index contributed by atoms with van der Waals surface area (Å²) in [5, 5.41) is 6.60. The Balaban J connectivity index is 1.96. The molecule has 0 atom stereocenters. The summed E-state index contributed by atoms with van der Waals surface area (Å²) in [7, 11) is 1.99. The van der Waals surface area contributed by atoms with Crippen LogP contribution in [0.3, 0.4) is 0 Å². The molecule has 0 bridgehead atoms. The first-order valence-corrected chi connectivity index (χ1v) is 6.89. The lowest BCUT2D eigenvalue weighted by atomic mass is 9.96.